The van der Waals surface area contributed by atoms with Gasteiger partial charge in [0.15, 0.2) is 0 Å². The van der Waals surface area contributed by atoms with E-state index in [2.05, 4.69) is 15.2 Å². The van der Waals surface area contributed by atoms with Crippen LogP contribution in [0.25, 0.3) is 0 Å². The lowest BCUT2D eigenvalue weighted by Gasteiger charge is -2.35. The molecular weight excluding hydrogens is 290 g/mol. The van der Waals surface area contributed by atoms with Crippen molar-refractivity contribution in [3.05, 3.63) is 34.2 Å². The Morgan fingerprint density at radius 3 is 2.52 bits per heavy atom. The predicted molar refractivity (Wildman–Crippen MR) is 90.6 cm³/mol. The van der Waals surface area contributed by atoms with Crippen molar-refractivity contribution >= 4 is 5.91 Å². The first kappa shape index (κ1) is 16.2. The number of likely N-dealkylation sites (tertiary alicyclic amines) is 1. The van der Waals surface area contributed by atoms with Gasteiger partial charge in [-0.15, -0.1) is 0 Å². The van der Waals surface area contributed by atoms with E-state index in [0.717, 1.165) is 31.8 Å². The fraction of sp³-hybridized carbons (Fsp3) is 0.667. The first-order valence-electron chi connectivity index (χ1n) is 8.92. The third-order valence-electron chi connectivity index (χ3n) is 5.21. The van der Waals surface area contributed by atoms with Crippen LogP contribution in [0.4, 0.5) is 0 Å². The molecule has 2 fully saturated rings. The Hall–Kier alpha value is -1.62. The molecule has 5 heteroatoms. The van der Waals surface area contributed by atoms with Gasteiger partial charge in [-0.1, -0.05) is 19.3 Å². The van der Waals surface area contributed by atoms with Crippen molar-refractivity contribution in [1.82, 2.24) is 15.2 Å². The molecule has 1 amide bonds. The number of nitrogens with zero attached hydrogens (tertiary/aromatic N) is 1. The summed E-state index contributed by atoms with van der Waals surface area (Å²) in [6.45, 7) is 3.39. The fourth-order valence-corrected chi connectivity index (χ4v) is 3.82. The molecule has 3 rings (SSSR count). The Kier molecular flexibility index (Phi) is 5.49. The number of pyridine rings is 1. The number of aromatic nitrogens is 1. The summed E-state index contributed by atoms with van der Waals surface area (Å²) >= 11 is 0. The maximum atomic E-state index is 12.2. The molecule has 2 heterocycles. The van der Waals surface area contributed by atoms with E-state index in [0.29, 0.717) is 5.56 Å². The lowest BCUT2D eigenvalue weighted by atomic mass is 9.88. The number of carbonyl (C=O) groups is 1. The number of hydrogen-bond acceptors (Lipinski definition) is 3. The largest absolute Gasteiger partial charge is 0.349 e. The molecule has 23 heavy (non-hydrogen) atoms. The van der Waals surface area contributed by atoms with E-state index >= 15 is 0 Å². The van der Waals surface area contributed by atoms with Crippen molar-refractivity contribution in [2.45, 2.75) is 51.0 Å². The highest BCUT2D eigenvalue weighted by atomic mass is 16.2. The third kappa shape index (κ3) is 4.67. The van der Waals surface area contributed by atoms with Crippen LogP contribution in [0.5, 0.6) is 0 Å². The van der Waals surface area contributed by atoms with Crippen LogP contribution in [-0.4, -0.2) is 41.5 Å². The summed E-state index contributed by atoms with van der Waals surface area (Å²) in [6.07, 6.45) is 10.5. The molecule has 1 saturated carbocycles. The van der Waals surface area contributed by atoms with Crippen molar-refractivity contribution in [2.24, 2.45) is 5.92 Å². The van der Waals surface area contributed by atoms with E-state index in [9.17, 15) is 9.59 Å². The summed E-state index contributed by atoms with van der Waals surface area (Å²) in [5.41, 5.74) is 0.340. The average Bonchev–Trinajstić information content (AvgIpc) is 2.58. The molecule has 1 aliphatic heterocycles. The van der Waals surface area contributed by atoms with E-state index in [-0.39, 0.29) is 17.5 Å². The minimum absolute atomic E-state index is 0.0908. The van der Waals surface area contributed by atoms with Crippen molar-refractivity contribution < 1.29 is 4.79 Å². The molecule has 1 aliphatic carbocycles. The highest BCUT2D eigenvalue weighted by Crippen LogP contribution is 2.25. The van der Waals surface area contributed by atoms with Gasteiger partial charge in [0.25, 0.3) is 5.91 Å². The molecule has 0 aromatic carbocycles. The molecule has 2 N–H and O–H groups in total. The highest BCUT2D eigenvalue weighted by Gasteiger charge is 2.23. The van der Waals surface area contributed by atoms with Gasteiger partial charge in [0.1, 0.15) is 0 Å². The second-order valence-corrected chi connectivity index (χ2v) is 6.99. The summed E-state index contributed by atoms with van der Waals surface area (Å²) in [5, 5.41) is 3.09. The topological polar surface area (TPSA) is 65.2 Å². The maximum absolute atomic E-state index is 12.2. The molecule has 2 aliphatic rings. The van der Waals surface area contributed by atoms with Gasteiger partial charge >= 0.3 is 0 Å². The molecule has 5 nitrogen and oxygen atoms in total. The van der Waals surface area contributed by atoms with Gasteiger partial charge < -0.3 is 15.2 Å². The Bertz CT molecular complexity index is 549. The zero-order valence-corrected chi connectivity index (χ0v) is 13.7. The number of hydrogen-bond donors (Lipinski definition) is 2. The van der Waals surface area contributed by atoms with Gasteiger partial charge in [0, 0.05) is 37.9 Å². The normalized spacial score (nSPS) is 21.2. The first-order chi connectivity index (χ1) is 11.2. The van der Waals surface area contributed by atoms with Crippen LogP contribution in [0.2, 0.25) is 0 Å². The van der Waals surface area contributed by atoms with Gasteiger partial charge in [0.2, 0.25) is 5.56 Å². The Balaban J connectivity index is 1.42. The average molecular weight is 317 g/mol. The number of rotatable bonds is 4. The molecule has 0 radical (unpaired) electrons. The quantitative estimate of drug-likeness (QED) is 0.894. The minimum atomic E-state index is -0.183. The smallest absolute Gasteiger partial charge is 0.252 e. The lowest BCUT2D eigenvalue weighted by Crippen LogP contribution is -2.46. The molecule has 1 aromatic rings. The van der Waals surface area contributed by atoms with E-state index < -0.39 is 0 Å². The number of aromatic amines is 1. The number of amides is 1. The Morgan fingerprint density at radius 2 is 1.87 bits per heavy atom. The van der Waals surface area contributed by atoms with Gasteiger partial charge in [-0.2, -0.15) is 0 Å². The van der Waals surface area contributed by atoms with E-state index in [4.69, 9.17) is 0 Å². The van der Waals surface area contributed by atoms with E-state index in [1.54, 1.807) is 6.07 Å². The standard InChI is InChI=1S/C18H27N3O2/c22-17-7-6-15(12-19-17)18(23)20-16-8-10-21(11-9-16)13-14-4-2-1-3-5-14/h6-7,12,14,16H,1-5,8-11,13H2,(H,19,22)(H,20,23). The van der Waals surface area contributed by atoms with Crippen LogP contribution in [0, 0.1) is 5.92 Å². The van der Waals surface area contributed by atoms with Crippen LogP contribution in [-0.2, 0) is 0 Å². The zero-order valence-electron chi connectivity index (χ0n) is 13.7. The first-order valence-corrected chi connectivity index (χ1v) is 8.92. The molecule has 0 spiro atoms. The summed E-state index contributed by atoms with van der Waals surface area (Å²) in [7, 11) is 0. The molecule has 1 aromatic heterocycles. The molecule has 0 unspecified atom stereocenters. The minimum Gasteiger partial charge on any atom is -0.349 e. The zero-order chi connectivity index (χ0) is 16.1. The molecule has 126 valence electrons. The lowest BCUT2D eigenvalue weighted by molar-refractivity contribution is 0.0901. The van der Waals surface area contributed by atoms with Crippen molar-refractivity contribution in [3.63, 3.8) is 0 Å². The summed E-state index contributed by atoms with van der Waals surface area (Å²) in [5.74, 6) is 0.794. The highest BCUT2D eigenvalue weighted by molar-refractivity contribution is 5.93. The van der Waals surface area contributed by atoms with Crippen molar-refractivity contribution in [2.75, 3.05) is 19.6 Å². The van der Waals surface area contributed by atoms with E-state index in [1.807, 2.05) is 0 Å². The number of H-pyrrole nitrogens is 1. The van der Waals surface area contributed by atoms with Crippen LogP contribution in [0.3, 0.4) is 0 Å². The van der Waals surface area contributed by atoms with Gasteiger partial charge in [-0.3, -0.25) is 9.59 Å². The van der Waals surface area contributed by atoms with E-state index in [1.165, 1.54) is 50.9 Å². The van der Waals surface area contributed by atoms with Crippen molar-refractivity contribution in [1.29, 1.82) is 0 Å². The van der Waals surface area contributed by atoms with Gasteiger partial charge in [-0.25, -0.2) is 0 Å². The second-order valence-electron chi connectivity index (χ2n) is 6.99. The fourth-order valence-electron chi connectivity index (χ4n) is 3.82. The third-order valence-corrected chi connectivity index (χ3v) is 5.21. The van der Waals surface area contributed by atoms with Gasteiger partial charge in [0.05, 0.1) is 5.56 Å². The Labute approximate surface area is 137 Å². The SMILES string of the molecule is O=C(NC1CCN(CC2CCCCC2)CC1)c1ccc(=O)[nH]c1. The predicted octanol–water partition coefficient (Wildman–Crippen LogP) is 2.15. The summed E-state index contributed by atoms with van der Waals surface area (Å²) < 4.78 is 0. The van der Waals surface area contributed by atoms with Crippen molar-refractivity contribution in [3.8, 4) is 0 Å². The summed E-state index contributed by atoms with van der Waals surface area (Å²) in [6, 6.07) is 3.21. The molecule has 1 saturated heterocycles. The number of piperidine rings is 1. The van der Waals surface area contributed by atoms with Gasteiger partial charge in [-0.05, 0) is 37.7 Å². The monoisotopic (exact) mass is 317 g/mol. The molecular formula is C18H27N3O2. The number of carbonyl (C=O) groups excluding carboxylic acids is 1. The second kappa shape index (κ2) is 7.77. The summed E-state index contributed by atoms with van der Waals surface area (Å²) in [4.78, 5) is 28.3. The van der Waals surface area contributed by atoms with Crippen LogP contribution in [0.1, 0.15) is 55.3 Å². The molecule has 0 atom stereocenters. The Morgan fingerprint density at radius 1 is 1.13 bits per heavy atom. The van der Waals surface area contributed by atoms with Crippen LogP contribution >= 0.6 is 0 Å². The maximum Gasteiger partial charge on any atom is 0.252 e. The van der Waals surface area contributed by atoms with Crippen LogP contribution < -0.4 is 10.9 Å². The number of nitrogens with one attached hydrogen (secondary N) is 2. The van der Waals surface area contributed by atoms with Crippen LogP contribution in [0.15, 0.2) is 23.1 Å². The molecule has 0 bridgehead atoms.